The number of likely N-dealkylation sites (tertiary alicyclic amines) is 1. The molecule has 1 amide bonds. The Labute approximate surface area is 110 Å². The second kappa shape index (κ2) is 5.35. The van der Waals surface area contributed by atoms with E-state index in [0.29, 0.717) is 19.5 Å². The van der Waals surface area contributed by atoms with Crippen molar-refractivity contribution in [2.45, 2.75) is 13.3 Å². The van der Waals surface area contributed by atoms with Crippen molar-refractivity contribution in [2.24, 2.45) is 5.92 Å². The molecule has 0 saturated carbocycles. The number of amides is 1. The van der Waals surface area contributed by atoms with E-state index in [1.807, 2.05) is 18.4 Å². The lowest BCUT2D eigenvalue weighted by molar-refractivity contribution is -0.141. The van der Waals surface area contributed by atoms with Gasteiger partial charge in [-0.25, -0.2) is 0 Å². The van der Waals surface area contributed by atoms with Gasteiger partial charge in [0, 0.05) is 24.0 Å². The molecule has 1 aromatic heterocycles. The molecule has 2 heterocycles. The van der Waals surface area contributed by atoms with Crippen LogP contribution in [0.4, 0.5) is 0 Å². The second-order valence-corrected chi connectivity index (χ2v) is 5.36. The van der Waals surface area contributed by atoms with E-state index in [2.05, 4.69) is 0 Å². The van der Waals surface area contributed by atoms with E-state index in [0.717, 1.165) is 10.4 Å². The summed E-state index contributed by atoms with van der Waals surface area (Å²) in [5.74, 6) is -1.33. The molecule has 4 nitrogen and oxygen atoms in total. The van der Waals surface area contributed by atoms with Crippen molar-refractivity contribution in [3.8, 4) is 0 Å². The SMILES string of the molecule is Cc1ccsc1C=CC(=O)N1CCC(C(=O)O)C1. The van der Waals surface area contributed by atoms with Crippen LogP contribution in [-0.2, 0) is 9.59 Å². The molecule has 18 heavy (non-hydrogen) atoms. The van der Waals surface area contributed by atoms with Gasteiger partial charge in [0.25, 0.3) is 0 Å². The molecule has 1 unspecified atom stereocenters. The highest BCUT2D eigenvalue weighted by atomic mass is 32.1. The van der Waals surface area contributed by atoms with Crippen LogP contribution < -0.4 is 0 Å². The number of thiophene rings is 1. The third kappa shape index (κ3) is 2.79. The molecule has 1 fully saturated rings. The normalized spacial score (nSPS) is 19.6. The Balaban J connectivity index is 1.95. The van der Waals surface area contributed by atoms with Crippen LogP contribution in [0.1, 0.15) is 16.9 Å². The number of aryl methyl sites for hydroxylation is 1. The van der Waals surface area contributed by atoms with Crippen molar-refractivity contribution in [2.75, 3.05) is 13.1 Å². The van der Waals surface area contributed by atoms with E-state index >= 15 is 0 Å². The molecule has 0 aliphatic carbocycles. The Bertz CT molecular complexity index is 492. The summed E-state index contributed by atoms with van der Waals surface area (Å²) in [5.41, 5.74) is 1.15. The summed E-state index contributed by atoms with van der Waals surface area (Å²) in [5, 5.41) is 10.9. The highest BCUT2D eigenvalue weighted by Gasteiger charge is 2.29. The Morgan fingerprint density at radius 2 is 2.33 bits per heavy atom. The predicted octanol–water partition coefficient (Wildman–Crippen LogP) is 2.00. The number of rotatable bonds is 3. The quantitative estimate of drug-likeness (QED) is 0.850. The van der Waals surface area contributed by atoms with Crippen molar-refractivity contribution in [3.63, 3.8) is 0 Å². The number of hydrogen-bond donors (Lipinski definition) is 1. The maximum atomic E-state index is 11.9. The van der Waals surface area contributed by atoms with Gasteiger partial charge in [-0.1, -0.05) is 0 Å². The fourth-order valence-electron chi connectivity index (χ4n) is 1.97. The fourth-order valence-corrected chi connectivity index (χ4v) is 2.79. The topological polar surface area (TPSA) is 57.6 Å². The lowest BCUT2D eigenvalue weighted by Crippen LogP contribution is -2.28. The van der Waals surface area contributed by atoms with Gasteiger partial charge in [0.1, 0.15) is 0 Å². The average molecular weight is 265 g/mol. The smallest absolute Gasteiger partial charge is 0.308 e. The standard InChI is InChI=1S/C13H15NO3S/c1-9-5-7-18-11(9)2-3-12(15)14-6-4-10(8-14)13(16)17/h2-3,5,7,10H,4,6,8H2,1H3,(H,16,17). The maximum absolute atomic E-state index is 11.9. The third-order valence-electron chi connectivity index (χ3n) is 3.13. The minimum absolute atomic E-state index is 0.105. The Hall–Kier alpha value is -1.62. The molecule has 0 radical (unpaired) electrons. The summed E-state index contributed by atoms with van der Waals surface area (Å²) in [6.07, 6.45) is 3.88. The van der Waals surface area contributed by atoms with Crippen LogP contribution in [0.3, 0.4) is 0 Å². The van der Waals surface area contributed by atoms with Crippen LogP contribution in [0.5, 0.6) is 0 Å². The second-order valence-electron chi connectivity index (χ2n) is 4.41. The molecule has 1 atom stereocenters. The van der Waals surface area contributed by atoms with E-state index in [9.17, 15) is 9.59 Å². The van der Waals surface area contributed by atoms with E-state index in [-0.39, 0.29) is 5.91 Å². The number of carbonyl (C=O) groups excluding carboxylic acids is 1. The summed E-state index contributed by atoms with van der Waals surface area (Å²) >= 11 is 1.59. The van der Waals surface area contributed by atoms with Crippen LogP contribution in [-0.4, -0.2) is 35.0 Å². The van der Waals surface area contributed by atoms with Crippen LogP contribution >= 0.6 is 11.3 Å². The molecule has 1 N–H and O–H groups in total. The molecule has 1 aromatic rings. The predicted molar refractivity (Wildman–Crippen MR) is 70.4 cm³/mol. The number of carbonyl (C=O) groups is 2. The van der Waals surface area contributed by atoms with Gasteiger partial charge in [-0.15, -0.1) is 11.3 Å². The Morgan fingerprint density at radius 1 is 1.56 bits per heavy atom. The Morgan fingerprint density at radius 3 is 2.89 bits per heavy atom. The molecular formula is C13H15NO3S. The molecule has 2 rings (SSSR count). The van der Waals surface area contributed by atoms with Gasteiger partial charge in [-0.2, -0.15) is 0 Å². The van der Waals surface area contributed by atoms with Crippen LogP contribution in [0, 0.1) is 12.8 Å². The van der Waals surface area contributed by atoms with Crippen LogP contribution in [0.2, 0.25) is 0 Å². The number of hydrogen-bond acceptors (Lipinski definition) is 3. The van der Waals surface area contributed by atoms with Gasteiger partial charge in [0.15, 0.2) is 0 Å². The van der Waals surface area contributed by atoms with Gasteiger partial charge in [0.2, 0.25) is 5.91 Å². The first-order valence-electron chi connectivity index (χ1n) is 5.82. The lowest BCUT2D eigenvalue weighted by atomic mass is 10.1. The molecule has 0 aromatic carbocycles. The first kappa shape index (κ1) is 12.8. The third-order valence-corrected chi connectivity index (χ3v) is 4.11. The van der Waals surface area contributed by atoms with Crippen LogP contribution in [0.15, 0.2) is 17.5 Å². The maximum Gasteiger partial charge on any atom is 0.308 e. The summed E-state index contributed by atoms with van der Waals surface area (Å²) in [7, 11) is 0. The average Bonchev–Trinajstić information content (AvgIpc) is 2.94. The van der Waals surface area contributed by atoms with Gasteiger partial charge >= 0.3 is 5.97 Å². The summed E-state index contributed by atoms with van der Waals surface area (Å²) < 4.78 is 0. The number of aliphatic carboxylic acids is 1. The zero-order chi connectivity index (χ0) is 13.1. The monoisotopic (exact) mass is 265 g/mol. The van der Waals surface area contributed by atoms with Crippen LogP contribution in [0.25, 0.3) is 6.08 Å². The minimum atomic E-state index is -0.816. The largest absolute Gasteiger partial charge is 0.481 e. The van der Waals surface area contributed by atoms with E-state index in [4.69, 9.17) is 5.11 Å². The number of carboxylic acids is 1. The van der Waals surface area contributed by atoms with Crippen molar-refractivity contribution in [1.82, 2.24) is 4.90 Å². The first-order valence-corrected chi connectivity index (χ1v) is 6.70. The van der Waals surface area contributed by atoms with Gasteiger partial charge in [0.05, 0.1) is 5.92 Å². The number of carboxylic acid groups (broad SMARTS) is 1. The van der Waals surface area contributed by atoms with E-state index < -0.39 is 11.9 Å². The van der Waals surface area contributed by atoms with E-state index in [1.165, 1.54) is 6.08 Å². The number of nitrogens with zero attached hydrogens (tertiary/aromatic N) is 1. The molecule has 1 aliphatic rings. The summed E-state index contributed by atoms with van der Waals surface area (Å²) in [4.78, 5) is 25.3. The van der Waals surface area contributed by atoms with Crippen molar-refractivity contribution >= 4 is 29.3 Å². The highest BCUT2D eigenvalue weighted by Crippen LogP contribution is 2.19. The van der Waals surface area contributed by atoms with Gasteiger partial charge in [-0.05, 0) is 36.4 Å². The zero-order valence-electron chi connectivity index (χ0n) is 10.1. The van der Waals surface area contributed by atoms with Gasteiger partial charge in [-0.3, -0.25) is 9.59 Å². The lowest BCUT2D eigenvalue weighted by Gasteiger charge is -2.12. The molecular weight excluding hydrogens is 250 g/mol. The molecule has 0 bridgehead atoms. The zero-order valence-corrected chi connectivity index (χ0v) is 10.9. The fraction of sp³-hybridized carbons (Fsp3) is 0.385. The van der Waals surface area contributed by atoms with Crippen molar-refractivity contribution < 1.29 is 14.7 Å². The molecule has 1 saturated heterocycles. The first-order chi connectivity index (χ1) is 8.58. The Kier molecular flexibility index (Phi) is 3.81. The van der Waals surface area contributed by atoms with Crippen molar-refractivity contribution in [1.29, 1.82) is 0 Å². The summed E-state index contributed by atoms with van der Waals surface area (Å²) in [6.45, 7) is 2.85. The summed E-state index contributed by atoms with van der Waals surface area (Å²) in [6, 6.07) is 2.01. The molecule has 96 valence electrons. The van der Waals surface area contributed by atoms with Crippen molar-refractivity contribution in [3.05, 3.63) is 28.0 Å². The van der Waals surface area contributed by atoms with Gasteiger partial charge < -0.3 is 10.0 Å². The highest BCUT2D eigenvalue weighted by molar-refractivity contribution is 7.11. The van der Waals surface area contributed by atoms with E-state index in [1.54, 1.807) is 22.3 Å². The molecule has 1 aliphatic heterocycles. The molecule has 5 heteroatoms. The minimum Gasteiger partial charge on any atom is -0.481 e. The molecule has 0 spiro atoms.